The van der Waals surface area contributed by atoms with E-state index < -0.39 is 10.0 Å². The number of anilines is 1. The van der Waals surface area contributed by atoms with Gasteiger partial charge >= 0.3 is 0 Å². The van der Waals surface area contributed by atoms with Gasteiger partial charge in [-0.2, -0.15) is 0 Å². The van der Waals surface area contributed by atoms with Crippen LogP contribution in [0.25, 0.3) is 6.08 Å². The van der Waals surface area contributed by atoms with Gasteiger partial charge in [0, 0.05) is 32.3 Å². The summed E-state index contributed by atoms with van der Waals surface area (Å²) in [5.74, 6) is 0.615. The molecular weight excluding hydrogens is 352 g/mol. The van der Waals surface area contributed by atoms with E-state index >= 15 is 0 Å². The van der Waals surface area contributed by atoms with Crippen LogP contribution in [0.4, 0.5) is 5.69 Å². The molecule has 2 aromatic rings. The molecule has 0 atom stereocenters. The zero-order valence-corrected chi connectivity index (χ0v) is 15.4. The Morgan fingerprint density at radius 2 is 1.88 bits per heavy atom. The van der Waals surface area contributed by atoms with Gasteiger partial charge in [0.25, 0.3) is 0 Å². The summed E-state index contributed by atoms with van der Waals surface area (Å²) in [6, 6.07) is 11.9. The minimum Gasteiger partial charge on any atom is -0.493 e. The van der Waals surface area contributed by atoms with Crippen LogP contribution in [0.5, 0.6) is 5.75 Å². The van der Waals surface area contributed by atoms with Gasteiger partial charge in [-0.1, -0.05) is 6.07 Å². The van der Waals surface area contributed by atoms with E-state index in [9.17, 15) is 13.2 Å². The number of fused-ring (bicyclic) bond motifs is 1. The van der Waals surface area contributed by atoms with Gasteiger partial charge in [0.2, 0.25) is 15.9 Å². The van der Waals surface area contributed by atoms with Crippen LogP contribution in [-0.2, 0) is 21.2 Å². The summed E-state index contributed by atoms with van der Waals surface area (Å²) in [5.41, 5.74) is 2.60. The smallest absolute Gasteiger partial charge is 0.248 e. The number of sulfonamides is 1. The second-order valence-corrected chi connectivity index (χ2v) is 8.25. The Morgan fingerprint density at radius 3 is 2.58 bits per heavy atom. The molecule has 136 valence electrons. The second-order valence-electron chi connectivity index (χ2n) is 6.10. The van der Waals surface area contributed by atoms with Crippen molar-refractivity contribution < 1.29 is 17.9 Å². The maximum Gasteiger partial charge on any atom is 0.248 e. The van der Waals surface area contributed by atoms with Crippen LogP contribution in [0, 0.1) is 0 Å². The van der Waals surface area contributed by atoms with Crippen molar-refractivity contribution in [3.05, 3.63) is 59.7 Å². The number of amides is 1. The summed E-state index contributed by atoms with van der Waals surface area (Å²) in [5, 5.41) is 2.71. The van der Waals surface area contributed by atoms with E-state index in [0.29, 0.717) is 12.3 Å². The topological polar surface area (TPSA) is 75.7 Å². The number of ether oxygens (including phenoxy) is 1. The molecule has 0 saturated heterocycles. The van der Waals surface area contributed by atoms with E-state index in [0.717, 1.165) is 27.6 Å². The number of nitrogens with zero attached hydrogens (tertiary/aromatic N) is 1. The minimum absolute atomic E-state index is 0.177. The van der Waals surface area contributed by atoms with Crippen molar-refractivity contribution >= 4 is 27.7 Å². The normalized spacial score (nSPS) is 13.7. The first-order valence-corrected chi connectivity index (χ1v) is 9.58. The highest BCUT2D eigenvalue weighted by atomic mass is 32.2. The van der Waals surface area contributed by atoms with E-state index in [4.69, 9.17) is 4.74 Å². The Bertz CT molecular complexity index is 948. The van der Waals surface area contributed by atoms with Gasteiger partial charge in [-0.15, -0.1) is 0 Å². The Hall–Kier alpha value is -2.64. The summed E-state index contributed by atoms with van der Waals surface area (Å²) >= 11 is 0. The molecule has 3 rings (SSSR count). The number of rotatable bonds is 5. The number of carbonyl (C=O) groups is 1. The minimum atomic E-state index is -3.48. The second kappa shape index (κ2) is 7.31. The van der Waals surface area contributed by atoms with Crippen molar-refractivity contribution in [2.24, 2.45) is 0 Å². The lowest BCUT2D eigenvalue weighted by Crippen LogP contribution is -2.22. The first kappa shape index (κ1) is 18.2. The molecule has 0 spiro atoms. The van der Waals surface area contributed by atoms with E-state index in [1.54, 1.807) is 18.2 Å². The van der Waals surface area contributed by atoms with Gasteiger partial charge in [0.05, 0.1) is 11.5 Å². The molecule has 0 unspecified atom stereocenters. The SMILES string of the molecule is CN(C)S(=O)(=O)c1ccc(NC(=O)/C=C/c2ccc3c(c2)CCO3)cc1. The number of benzene rings is 2. The third kappa shape index (κ3) is 3.95. The number of hydrogen-bond donors (Lipinski definition) is 1. The molecule has 1 aliphatic rings. The number of hydrogen-bond acceptors (Lipinski definition) is 4. The van der Waals surface area contributed by atoms with Crippen molar-refractivity contribution in [2.45, 2.75) is 11.3 Å². The monoisotopic (exact) mass is 372 g/mol. The molecule has 0 saturated carbocycles. The Balaban J connectivity index is 1.65. The van der Waals surface area contributed by atoms with Gasteiger partial charge in [0.15, 0.2) is 0 Å². The van der Waals surface area contributed by atoms with E-state index in [2.05, 4.69) is 5.32 Å². The Kier molecular flexibility index (Phi) is 5.11. The molecule has 0 aliphatic carbocycles. The summed E-state index contributed by atoms with van der Waals surface area (Å²) in [7, 11) is -0.531. The third-order valence-corrected chi connectivity index (χ3v) is 5.87. The van der Waals surface area contributed by atoms with Crippen molar-refractivity contribution in [3.63, 3.8) is 0 Å². The third-order valence-electron chi connectivity index (χ3n) is 4.04. The lowest BCUT2D eigenvalue weighted by atomic mass is 10.1. The fourth-order valence-corrected chi connectivity index (χ4v) is 3.49. The van der Waals surface area contributed by atoms with Crippen LogP contribution < -0.4 is 10.1 Å². The molecule has 1 heterocycles. The summed E-state index contributed by atoms with van der Waals surface area (Å²) < 4.78 is 30.6. The number of nitrogens with one attached hydrogen (secondary N) is 1. The molecule has 0 aromatic heterocycles. The van der Waals surface area contributed by atoms with Gasteiger partial charge < -0.3 is 10.1 Å². The van der Waals surface area contributed by atoms with E-state index in [1.807, 2.05) is 18.2 Å². The van der Waals surface area contributed by atoms with Gasteiger partial charge in [-0.05, 0) is 53.6 Å². The lowest BCUT2D eigenvalue weighted by Gasteiger charge is -2.11. The maximum absolute atomic E-state index is 12.1. The highest BCUT2D eigenvalue weighted by Crippen LogP contribution is 2.26. The van der Waals surface area contributed by atoms with Gasteiger partial charge in [-0.3, -0.25) is 4.79 Å². The fraction of sp³-hybridized carbons (Fsp3) is 0.211. The van der Waals surface area contributed by atoms with Crippen LogP contribution in [0.1, 0.15) is 11.1 Å². The van der Waals surface area contributed by atoms with Crippen LogP contribution in [0.3, 0.4) is 0 Å². The van der Waals surface area contributed by atoms with Crippen LogP contribution in [-0.4, -0.2) is 39.3 Å². The zero-order chi connectivity index (χ0) is 18.7. The van der Waals surface area contributed by atoms with Crippen molar-refractivity contribution in [1.29, 1.82) is 0 Å². The maximum atomic E-state index is 12.1. The molecule has 2 aromatic carbocycles. The van der Waals surface area contributed by atoms with E-state index in [1.165, 1.54) is 32.3 Å². The van der Waals surface area contributed by atoms with Crippen molar-refractivity contribution in [3.8, 4) is 5.75 Å². The highest BCUT2D eigenvalue weighted by Gasteiger charge is 2.16. The average molecular weight is 372 g/mol. The molecule has 0 radical (unpaired) electrons. The van der Waals surface area contributed by atoms with Crippen LogP contribution >= 0.6 is 0 Å². The molecule has 0 fully saturated rings. The molecule has 1 aliphatic heterocycles. The lowest BCUT2D eigenvalue weighted by molar-refractivity contribution is -0.111. The first-order valence-electron chi connectivity index (χ1n) is 8.14. The Labute approximate surface area is 153 Å². The number of carbonyl (C=O) groups excluding carboxylic acids is 1. The standard InChI is InChI=1S/C19H20N2O4S/c1-21(2)26(23,24)17-7-5-16(6-8-17)20-19(22)10-4-14-3-9-18-15(13-14)11-12-25-18/h3-10,13H,11-12H2,1-2H3,(H,20,22)/b10-4+. The van der Waals surface area contributed by atoms with Gasteiger partial charge in [0.1, 0.15) is 5.75 Å². The highest BCUT2D eigenvalue weighted by molar-refractivity contribution is 7.89. The molecule has 26 heavy (non-hydrogen) atoms. The van der Waals surface area contributed by atoms with Crippen molar-refractivity contribution in [2.75, 3.05) is 26.0 Å². The summed E-state index contributed by atoms with van der Waals surface area (Å²) in [6.07, 6.45) is 4.06. The Morgan fingerprint density at radius 1 is 1.15 bits per heavy atom. The molecular formula is C19H20N2O4S. The van der Waals surface area contributed by atoms with Gasteiger partial charge in [-0.25, -0.2) is 12.7 Å². The summed E-state index contributed by atoms with van der Waals surface area (Å²) in [4.78, 5) is 12.2. The van der Waals surface area contributed by atoms with E-state index in [-0.39, 0.29) is 10.8 Å². The van der Waals surface area contributed by atoms with Crippen LogP contribution in [0.2, 0.25) is 0 Å². The first-order chi connectivity index (χ1) is 12.4. The summed E-state index contributed by atoms with van der Waals surface area (Å²) in [6.45, 7) is 0.697. The molecule has 7 heteroatoms. The molecule has 6 nitrogen and oxygen atoms in total. The molecule has 0 bridgehead atoms. The predicted molar refractivity (Wildman–Crippen MR) is 101 cm³/mol. The van der Waals surface area contributed by atoms with Crippen LogP contribution in [0.15, 0.2) is 53.4 Å². The molecule has 1 amide bonds. The largest absolute Gasteiger partial charge is 0.493 e. The fourth-order valence-electron chi connectivity index (χ4n) is 2.59. The predicted octanol–water partition coefficient (Wildman–Crippen LogP) is 2.52. The average Bonchev–Trinajstić information content (AvgIpc) is 3.08. The molecule has 1 N–H and O–H groups in total. The van der Waals surface area contributed by atoms with Crippen molar-refractivity contribution in [1.82, 2.24) is 4.31 Å². The zero-order valence-electron chi connectivity index (χ0n) is 14.6. The quantitative estimate of drug-likeness (QED) is 0.819.